The number of carbonyl (C=O) groups is 1. The first-order chi connectivity index (χ1) is 8.09. The van der Waals surface area contributed by atoms with E-state index in [1.54, 1.807) is 0 Å². The van der Waals surface area contributed by atoms with Crippen molar-refractivity contribution in [3.63, 3.8) is 0 Å². The van der Waals surface area contributed by atoms with Gasteiger partial charge in [-0.25, -0.2) is 9.13 Å². The molecule has 0 atom stereocenters. The van der Waals surface area contributed by atoms with Gasteiger partial charge in [0.1, 0.15) is 0 Å². The lowest BCUT2D eigenvalue weighted by Crippen LogP contribution is -3.00. The molecular weight excluding hydrogens is 522 g/mol. The van der Waals surface area contributed by atoms with Crippen LogP contribution in [0.5, 0.6) is 0 Å². The van der Waals surface area contributed by atoms with Crippen LogP contribution in [0.15, 0.2) is 36.7 Å². The van der Waals surface area contributed by atoms with Gasteiger partial charge in [-0.05, 0) is 0 Å². The molecule has 1 aromatic carbocycles. The topological polar surface area (TPSA) is 25.9 Å². The zero-order valence-electron chi connectivity index (χ0n) is 9.61. The van der Waals surface area contributed by atoms with E-state index in [1.807, 2.05) is 52.8 Å². The molecule has 0 unspecified atom stereocenters. The Morgan fingerprint density at radius 3 is 2.39 bits per heavy atom. The van der Waals surface area contributed by atoms with E-state index in [1.165, 1.54) is 0 Å². The summed E-state index contributed by atoms with van der Waals surface area (Å²) in [6.45, 7) is 0.388. The Bertz CT molecular complexity index is 555. The van der Waals surface area contributed by atoms with Crippen molar-refractivity contribution in [3.8, 4) is 0 Å². The zero-order chi connectivity index (χ0) is 12.4. The van der Waals surface area contributed by atoms with Gasteiger partial charge in [0.25, 0.3) is 0 Å². The largest absolute Gasteiger partial charge is 1.00 e. The number of halogens is 3. The van der Waals surface area contributed by atoms with Crippen molar-refractivity contribution >= 4 is 51.0 Å². The van der Waals surface area contributed by atoms with Crippen LogP contribution in [0.1, 0.15) is 10.4 Å². The normalized spacial score (nSPS) is 9.94. The molecule has 0 N–H and O–H groups in total. The van der Waals surface area contributed by atoms with E-state index in [4.69, 9.17) is 0 Å². The maximum atomic E-state index is 12.1. The molecule has 18 heavy (non-hydrogen) atoms. The molecule has 0 aliphatic rings. The summed E-state index contributed by atoms with van der Waals surface area (Å²) in [5.41, 5.74) is 0.759. The number of carbonyl (C=O) groups excluding carboxylic acids is 1. The van der Waals surface area contributed by atoms with E-state index >= 15 is 0 Å². The first-order valence-corrected chi connectivity index (χ1v) is 7.23. The van der Waals surface area contributed by atoms with Crippen molar-refractivity contribution < 1.29 is 26.3 Å². The number of benzene rings is 1. The lowest BCUT2D eigenvalue weighted by molar-refractivity contribution is -0.683. The zero-order valence-corrected chi connectivity index (χ0v) is 15.5. The summed E-state index contributed by atoms with van der Waals surface area (Å²) in [5, 5.41) is 0. The molecule has 1 heterocycles. The summed E-state index contributed by atoms with van der Waals surface area (Å²) in [7, 11) is 1.98. The molecule has 2 aromatic rings. The fraction of sp³-hybridized carbons (Fsp3) is 0.167. The molecular formula is C12H11BrI2N2O. The van der Waals surface area contributed by atoms with Crippen LogP contribution < -0.4 is 21.5 Å². The van der Waals surface area contributed by atoms with Gasteiger partial charge >= 0.3 is 0 Å². The maximum Gasteiger partial charge on any atom is 0.245 e. The maximum absolute atomic E-state index is 12.1. The molecule has 1 aromatic heterocycles. The lowest BCUT2D eigenvalue weighted by Gasteiger charge is -1.98. The van der Waals surface area contributed by atoms with Crippen LogP contribution in [0.2, 0.25) is 0 Å². The third kappa shape index (κ3) is 3.53. The number of hydrogen-bond acceptors (Lipinski definition) is 1. The van der Waals surface area contributed by atoms with Crippen molar-refractivity contribution in [1.82, 2.24) is 4.57 Å². The first-order valence-electron chi connectivity index (χ1n) is 5.07. The number of rotatable bonds is 3. The molecule has 0 aliphatic carbocycles. The van der Waals surface area contributed by atoms with Crippen LogP contribution >= 0.6 is 45.2 Å². The van der Waals surface area contributed by atoms with Gasteiger partial charge in [0.05, 0.1) is 7.05 Å². The SMILES string of the molecule is C[n+]1cn(CC(=O)c2ccccc2)c(I)c1I.[Br-]. The molecule has 0 aliphatic heterocycles. The molecule has 96 valence electrons. The Morgan fingerprint density at radius 2 is 1.89 bits per heavy atom. The number of Topliss-reactive ketones (excluding diaryl/α,β-unsaturated/α-hetero) is 1. The van der Waals surface area contributed by atoms with Crippen molar-refractivity contribution in [2.75, 3.05) is 0 Å². The van der Waals surface area contributed by atoms with Gasteiger partial charge in [0, 0.05) is 50.7 Å². The standard InChI is InChI=1S/C12H11I2N2O.BrH/c1-15-8-16(12(14)11(15)13)7-10(17)9-5-3-2-4-6-9;/h2-6,8H,7H2,1H3;1H/q+1;/p-1. The second-order valence-electron chi connectivity index (χ2n) is 3.73. The second-order valence-corrected chi connectivity index (χ2v) is 5.77. The summed E-state index contributed by atoms with van der Waals surface area (Å²) in [6, 6.07) is 9.39. The molecule has 0 spiro atoms. The summed E-state index contributed by atoms with van der Waals surface area (Å²) >= 11 is 4.54. The summed E-state index contributed by atoms with van der Waals surface area (Å²) in [5.74, 6) is 0.135. The fourth-order valence-corrected chi connectivity index (χ4v) is 2.66. The summed E-state index contributed by atoms with van der Waals surface area (Å²) in [4.78, 5) is 12.1. The Morgan fingerprint density at radius 1 is 1.28 bits per heavy atom. The minimum Gasteiger partial charge on any atom is -1.00 e. The van der Waals surface area contributed by atoms with Crippen LogP contribution in [0, 0.1) is 7.40 Å². The van der Waals surface area contributed by atoms with E-state index in [-0.39, 0.29) is 22.8 Å². The van der Waals surface area contributed by atoms with Crippen molar-refractivity contribution in [3.05, 3.63) is 49.6 Å². The van der Waals surface area contributed by atoms with E-state index < -0.39 is 0 Å². The van der Waals surface area contributed by atoms with Crippen LogP contribution in [0.4, 0.5) is 0 Å². The molecule has 0 bridgehead atoms. The molecule has 0 amide bonds. The van der Waals surface area contributed by atoms with Crippen LogP contribution in [-0.2, 0) is 13.6 Å². The van der Waals surface area contributed by atoms with Crippen LogP contribution in [0.25, 0.3) is 0 Å². The molecule has 6 heteroatoms. The summed E-state index contributed by atoms with van der Waals surface area (Å²) in [6.07, 6.45) is 1.95. The molecule has 2 rings (SSSR count). The minimum absolute atomic E-state index is 0. The van der Waals surface area contributed by atoms with E-state index in [9.17, 15) is 4.79 Å². The highest BCUT2D eigenvalue weighted by molar-refractivity contribution is 14.1. The average molecular weight is 533 g/mol. The van der Waals surface area contributed by atoms with Gasteiger partial charge in [-0.1, -0.05) is 30.3 Å². The molecule has 0 saturated carbocycles. The second kappa shape index (κ2) is 6.99. The van der Waals surface area contributed by atoms with E-state index in [0.717, 1.165) is 13.0 Å². The van der Waals surface area contributed by atoms with Crippen LogP contribution in [-0.4, -0.2) is 10.4 Å². The van der Waals surface area contributed by atoms with Gasteiger partial charge in [0.15, 0.2) is 6.54 Å². The number of ketones is 1. The van der Waals surface area contributed by atoms with E-state index in [2.05, 4.69) is 45.2 Å². The predicted molar refractivity (Wildman–Crippen MR) is 81.8 cm³/mol. The predicted octanol–water partition coefficient (Wildman–Crippen LogP) is -0.591. The number of aryl methyl sites for hydroxylation is 1. The van der Waals surface area contributed by atoms with Gasteiger partial charge in [0.2, 0.25) is 19.5 Å². The van der Waals surface area contributed by atoms with Gasteiger partial charge < -0.3 is 17.0 Å². The third-order valence-electron chi connectivity index (χ3n) is 2.45. The number of nitrogens with zero attached hydrogens (tertiary/aromatic N) is 2. The average Bonchev–Trinajstić information content (AvgIpc) is 2.58. The van der Waals surface area contributed by atoms with Gasteiger partial charge in [-0.3, -0.25) is 4.79 Å². The van der Waals surface area contributed by atoms with E-state index in [0.29, 0.717) is 6.54 Å². The highest BCUT2D eigenvalue weighted by Crippen LogP contribution is 2.12. The Balaban J connectivity index is 0.00000162. The molecule has 0 radical (unpaired) electrons. The van der Waals surface area contributed by atoms with Crippen LogP contribution in [0.3, 0.4) is 0 Å². The first kappa shape index (κ1) is 16.1. The fourth-order valence-electron chi connectivity index (χ4n) is 1.55. The Hall–Kier alpha value is 0.0400. The minimum atomic E-state index is 0. The van der Waals surface area contributed by atoms with Crippen molar-refractivity contribution in [2.24, 2.45) is 7.05 Å². The van der Waals surface area contributed by atoms with Gasteiger partial charge in [-0.2, -0.15) is 0 Å². The molecule has 3 nitrogen and oxygen atoms in total. The Labute approximate surface area is 144 Å². The third-order valence-corrected chi connectivity index (χ3v) is 5.89. The number of aromatic nitrogens is 2. The highest BCUT2D eigenvalue weighted by Gasteiger charge is 2.19. The monoisotopic (exact) mass is 532 g/mol. The van der Waals surface area contributed by atoms with Crippen molar-refractivity contribution in [2.45, 2.75) is 6.54 Å². The highest BCUT2D eigenvalue weighted by atomic mass is 127. The number of hydrogen-bond donors (Lipinski definition) is 0. The Kier molecular flexibility index (Phi) is 6.25. The lowest BCUT2D eigenvalue weighted by atomic mass is 10.1. The quantitative estimate of drug-likeness (QED) is 0.295. The molecule has 0 fully saturated rings. The molecule has 0 saturated heterocycles. The smallest absolute Gasteiger partial charge is 0.245 e. The number of imidazole rings is 1. The summed E-state index contributed by atoms with van der Waals surface area (Å²) < 4.78 is 6.22. The van der Waals surface area contributed by atoms with Gasteiger partial charge in [-0.15, -0.1) is 0 Å². The van der Waals surface area contributed by atoms with Crippen molar-refractivity contribution in [1.29, 1.82) is 0 Å².